The number of hydrogen-bond acceptors (Lipinski definition) is 5. The van der Waals surface area contributed by atoms with Gasteiger partial charge in [-0.1, -0.05) is 56.3 Å². The number of Topliss-reactive ketones (excluding diaryl/α,β-unsaturated/α-hetero) is 1. The highest BCUT2D eigenvalue weighted by Gasteiger charge is 2.52. The smallest absolute Gasteiger partial charge is 0.251 e. The molecule has 8 heteroatoms. The van der Waals surface area contributed by atoms with Crippen LogP contribution in [0, 0.1) is 5.92 Å². The van der Waals surface area contributed by atoms with Gasteiger partial charge in [0.05, 0.1) is 19.0 Å². The lowest BCUT2D eigenvalue weighted by Crippen LogP contribution is -2.53. The zero-order chi connectivity index (χ0) is 25.8. The molecule has 3 amide bonds. The summed E-state index contributed by atoms with van der Waals surface area (Å²) < 4.78 is 0. The van der Waals surface area contributed by atoms with Crippen molar-refractivity contribution >= 4 is 23.5 Å². The molecule has 3 atom stereocenters. The molecule has 2 fully saturated rings. The van der Waals surface area contributed by atoms with Crippen molar-refractivity contribution in [2.75, 3.05) is 13.1 Å². The Kier molecular flexibility index (Phi) is 7.84. The molecule has 0 bridgehead atoms. The van der Waals surface area contributed by atoms with Gasteiger partial charge in [-0.3, -0.25) is 19.2 Å². The van der Waals surface area contributed by atoms with E-state index in [0.717, 1.165) is 11.1 Å². The molecule has 0 unspecified atom stereocenters. The van der Waals surface area contributed by atoms with Gasteiger partial charge in [-0.15, -0.1) is 0 Å². The van der Waals surface area contributed by atoms with Crippen molar-refractivity contribution in [2.45, 2.75) is 57.8 Å². The van der Waals surface area contributed by atoms with Crippen LogP contribution in [0.2, 0.25) is 0 Å². The number of fused-ring (bicyclic) bond motifs is 1. The van der Waals surface area contributed by atoms with E-state index < -0.39 is 12.1 Å². The summed E-state index contributed by atoms with van der Waals surface area (Å²) >= 11 is 0. The molecule has 0 aromatic heterocycles. The maximum absolute atomic E-state index is 13.7. The number of carbonyl (C=O) groups is 4. The van der Waals surface area contributed by atoms with Gasteiger partial charge in [-0.2, -0.15) is 0 Å². The van der Waals surface area contributed by atoms with Crippen LogP contribution in [0.5, 0.6) is 0 Å². The second kappa shape index (κ2) is 11.0. The molecule has 0 aliphatic carbocycles. The number of hydrogen-bond donors (Lipinski definition) is 2. The zero-order valence-corrected chi connectivity index (χ0v) is 20.9. The maximum Gasteiger partial charge on any atom is 0.251 e. The van der Waals surface area contributed by atoms with E-state index in [1.54, 1.807) is 28.0 Å². The highest BCUT2D eigenvalue weighted by molar-refractivity contribution is 6.01. The summed E-state index contributed by atoms with van der Waals surface area (Å²) in [5, 5.41) is 2.89. The summed E-state index contributed by atoms with van der Waals surface area (Å²) in [6, 6.07) is 14.7. The number of nitrogens with one attached hydrogen (secondary N) is 1. The highest BCUT2D eigenvalue weighted by atomic mass is 16.2. The van der Waals surface area contributed by atoms with Crippen LogP contribution >= 0.6 is 0 Å². The molecule has 2 aromatic carbocycles. The molecule has 0 radical (unpaired) electrons. The second-order valence-corrected chi connectivity index (χ2v) is 10.0. The lowest BCUT2D eigenvalue weighted by atomic mass is 10.0. The van der Waals surface area contributed by atoms with E-state index in [9.17, 15) is 19.2 Å². The predicted octanol–water partition coefficient (Wildman–Crippen LogP) is 1.91. The standard InChI is InChI=1S/C28H34N4O4/c1-18(2)13-22(30-27(35)21-10-6-9-20(14-21)16-29)28(36)31-12-11-23-26(31)24(33)17-32(23)25(34)15-19-7-4-3-5-8-19/h3-10,14,18,22-23,26H,11-13,15-17,29H2,1-2H3,(H,30,35)/t22-,23+,26-/m0/s1. The van der Waals surface area contributed by atoms with Crippen LogP contribution in [0.25, 0.3) is 0 Å². The third-order valence-corrected chi connectivity index (χ3v) is 6.96. The quantitative estimate of drug-likeness (QED) is 0.587. The minimum atomic E-state index is -0.764. The van der Waals surface area contributed by atoms with Crippen LogP contribution in [0.15, 0.2) is 54.6 Å². The molecule has 36 heavy (non-hydrogen) atoms. The minimum Gasteiger partial charge on any atom is -0.340 e. The molecule has 190 valence electrons. The van der Waals surface area contributed by atoms with Crippen molar-refractivity contribution in [3.63, 3.8) is 0 Å². The molecule has 2 aliphatic rings. The zero-order valence-electron chi connectivity index (χ0n) is 20.9. The monoisotopic (exact) mass is 490 g/mol. The Labute approximate surface area is 211 Å². The number of ketones is 1. The van der Waals surface area contributed by atoms with E-state index in [1.807, 2.05) is 50.2 Å². The van der Waals surface area contributed by atoms with Gasteiger partial charge >= 0.3 is 0 Å². The van der Waals surface area contributed by atoms with Crippen molar-refractivity contribution in [3.8, 4) is 0 Å². The van der Waals surface area contributed by atoms with Crippen LogP contribution in [-0.2, 0) is 27.3 Å². The summed E-state index contributed by atoms with van der Waals surface area (Å²) in [7, 11) is 0. The molecule has 0 spiro atoms. The Morgan fingerprint density at radius 1 is 1.03 bits per heavy atom. The topological polar surface area (TPSA) is 113 Å². The van der Waals surface area contributed by atoms with Gasteiger partial charge in [0.25, 0.3) is 5.91 Å². The number of benzene rings is 2. The third-order valence-electron chi connectivity index (χ3n) is 6.96. The first-order valence-electron chi connectivity index (χ1n) is 12.5. The van der Waals surface area contributed by atoms with Gasteiger partial charge in [-0.05, 0) is 42.0 Å². The normalized spacial score (nSPS) is 19.9. The molecule has 2 heterocycles. The Morgan fingerprint density at radius 3 is 2.44 bits per heavy atom. The number of carbonyl (C=O) groups excluding carboxylic acids is 4. The number of nitrogens with two attached hydrogens (primary N) is 1. The SMILES string of the molecule is CC(C)C[C@H](NC(=O)c1cccc(CN)c1)C(=O)N1CC[C@@H]2[C@H]1C(=O)CN2C(=O)Cc1ccccc1. The minimum absolute atomic E-state index is 0.0118. The van der Waals surface area contributed by atoms with Crippen LogP contribution in [0.3, 0.4) is 0 Å². The van der Waals surface area contributed by atoms with E-state index in [-0.39, 0.29) is 48.4 Å². The summed E-state index contributed by atoms with van der Waals surface area (Å²) in [5.74, 6) is -0.709. The molecule has 8 nitrogen and oxygen atoms in total. The predicted molar refractivity (Wildman–Crippen MR) is 136 cm³/mol. The van der Waals surface area contributed by atoms with Crippen LogP contribution in [-0.4, -0.2) is 64.5 Å². The number of likely N-dealkylation sites (tertiary alicyclic amines) is 2. The fraction of sp³-hybridized carbons (Fsp3) is 0.429. The van der Waals surface area contributed by atoms with Crippen molar-refractivity contribution in [3.05, 3.63) is 71.3 Å². The molecule has 2 saturated heterocycles. The average Bonchev–Trinajstić information content (AvgIpc) is 3.45. The van der Waals surface area contributed by atoms with E-state index >= 15 is 0 Å². The average molecular weight is 491 g/mol. The fourth-order valence-corrected chi connectivity index (χ4v) is 5.24. The van der Waals surface area contributed by atoms with Crippen LogP contribution in [0.4, 0.5) is 0 Å². The Hall–Kier alpha value is -3.52. The lowest BCUT2D eigenvalue weighted by molar-refractivity contribution is -0.138. The Bertz CT molecular complexity index is 1130. The van der Waals surface area contributed by atoms with E-state index in [4.69, 9.17) is 5.73 Å². The van der Waals surface area contributed by atoms with Crippen LogP contribution in [0.1, 0.15) is 48.2 Å². The van der Waals surface area contributed by atoms with Gasteiger partial charge < -0.3 is 20.9 Å². The Morgan fingerprint density at radius 2 is 1.75 bits per heavy atom. The number of amides is 3. The lowest BCUT2D eigenvalue weighted by Gasteiger charge is -2.29. The summed E-state index contributed by atoms with van der Waals surface area (Å²) in [6.45, 7) is 4.67. The molecule has 2 aliphatic heterocycles. The van der Waals surface area contributed by atoms with Gasteiger partial charge in [0.2, 0.25) is 11.8 Å². The largest absolute Gasteiger partial charge is 0.340 e. The molecule has 2 aromatic rings. The van der Waals surface area contributed by atoms with E-state index in [2.05, 4.69) is 5.32 Å². The van der Waals surface area contributed by atoms with Gasteiger partial charge in [-0.25, -0.2) is 0 Å². The van der Waals surface area contributed by atoms with Crippen molar-refractivity contribution in [2.24, 2.45) is 11.7 Å². The second-order valence-electron chi connectivity index (χ2n) is 10.0. The van der Waals surface area contributed by atoms with Crippen molar-refractivity contribution in [1.82, 2.24) is 15.1 Å². The molecular weight excluding hydrogens is 456 g/mol. The van der Waals surface area contributed by atoms with Gasteiger partial charge in [0.15, 0.2) is 5.78 Å². The van der Waals surface area contributed by atoms with Crippen molar-refractivity contribution < 1.29 is 19.2 Å². The Balaban J connectivity index is 1.48. The summed E-state index contributed by atoms with van der Waals surface area (Å²) in [6.07, 6.45) is 1.21. The molecule has 0 saturated carbocycles. The number of nitrogens with zero attached hydrogens (tertiary/aromatic N) is 2. The summed E-state index contributed by atoms with van der Waals surface area (Å²) in [5.41, 5.74) is 7.86. The van der Waals surface area contributed by atoms with Gasteiger partial charge in [0, 0.05) is 18.7 Å². The summed E-state index contributed by atoms with van der Waals surface area (Å²) in [4.78, 5) is 55.9. The first-order valence-corrected chi connectivity index (χ1v) is 12.5. The van der Waals surface area contributed by atoms with Crippen molar-refractivity contribution in [1.29, 1.82) is 0 Å². The van der Waals surface area contributed by atoms with Gasteiger partial charge in [0.1, 0.15) is 12.1 Å². The highest BCUT2D eigenvalue weighted by Crippen LogP contribution is 2.31. The van der Waals surface area contributed by atoms with E-state index in [1.165, 1.54) is 0 Å². The van der Waals surface area contributed by atoms with E-state index in [0.29, 0.717) is 31.5 Å². The first-order chi connectivity index (χ1) is 17.3. The molecule has 4 rings (SSSR count). The third kappa shape index (κ3) is 5.49. The molecule has 3 N–H and O–H groups in total. The first kappa shape index (κ1) is 25.6. The maximum atomic E-state index is 13.7. The number of rotatable bonds is 8. The molecular formula is C28H34N4O4. The fourth-order valence-electron chi connectivity index (χ4n) is 5.24. The van der Waals surface area contributed by atoms with Crippen LogP contribution < -0.4 is 11.1 Å².